The number of carbonyl (C=O) groups excluding carboxylic acids is 2. The van der Waals surface area contributed by atoms with Crippen LogP contribution in [0.5, 0.6) is 0 Å². The minimum atomic E-state index is -0.143. The van der Waals surface area contributed by atoms with Gasteiger partial charge in [0.15, 0.2) is 0 Å². The van der Waals surface area contributed by atoms with Crippen LogP contribution in [0, 0.1) is 0 Å². The second kappa shape index (κ2) is 4.53. The van der Waals surface area contributed by atoms with Crippen LogP contribution in [0.4, 0.5) is 0 Å². The SMILES string of the molecule is O=C1Cc2ccccc2C(=O)N1C[C@H]1CCCN1. The van der Waals surface area contributed by atoms with Gasteiger partial charge in [0.1, 0.15) is 0 Å². The molecule has 1 N–H and O–H groups in total. The number of imide groups is 1. The first kappa shape index (κ1) is 11.4. The van der Waals surface area contributed by atoms with Crippen molar-refractivity contribution < 1.29 is 9.59 Å². The zero-order valence-corrected chi connectivity index (χ0v) is 10.2. The van der Waals surface area contributed by atoms with Gasteiger partial charge in [-0.05, 0) is 31.0 Å². The van der Waals surface area contributed by atoms with Crippen molar-refractivity contribution in [1.29, 1.82) is 0 Å². The predicted molar refractivity (Wildman–Crippen MR) is 67.2 cm³/mol. The van der Waals surface area contributed by atoms with Crippen molar-refractivity contribution in [2.75, 3.05) is 13.1 Å². The Bertz CT molecular complexity index is 492. The molecule has 2 amide bonds. The van der Waals surface area contributed by atoms with Gasteiger partial charge in [-0.3, -0.25) is 14.5 Å². The third-order valence-electron chi connectivity index (χ3n) is 3.70. The fourth-order valence-corrected chi connectivity index (χ4v) is 2.72. The number of carbonyl (C=O) groups is 2. The average molecular weight is 244 g/mol. The van der Waals surface area contributed by atoms with Crippen molar-refractivity contribution >= 4 is 11.8 Å². The Morgan fingerprint density at radius 3 is 2.89 bits per heavy atom. The zero-order valence-electron chi connectivity index (χ0n) is 10.2. The van der Waals surface area contributed by atoms with Crippen LogP contribution < -0.4 is 5.32 Å². The summed E-state index contributed by atoms with van der Waals surface area (Å²) >= 11 is 0. The molecule has 0 bridgehead atoms. The molecule has 1 saturated heterocycles. The third kappa shape index (κ3) is 1.93. The Kier molecular flexibility index (Phi) is 2.88. The van der Waals surface area contributed by atoms with E-state index in [4.69, 9.17) is 0 Å². The van der Waals surface area contributed by atoms with E-state index in [1.807, 2.05) is 18.2 Å². The lowest BCUT2D eigenvalue weighted by molar-refractivity contribution is -0.128. The summed E-state index contributed by atoms with van der Waals surface area (Å²) in [5, 5.41) is 3.32. The zero-order chi connectivity index (χ0) is 12.5. The Morgan fingerprint density at radius 1 is 1.28 bits per heavy atom. The molecule has 4 heteroatoms. The van der Waals surface area contributed by atoms with Crippen LogP contribution in [0.2, 0.25) is 0 Å². The molecule has 1 atom stereocenters. The normalized spacial score (nSPS) is 23.3. The van der Waals surface area contributed by atoms with E-state index in [0.717, 1.165) is 24.9 Å². The van der Waals surface area contributed by atoms with Gasteiger partial charge in [0, 0.05) is 18.2 Å². The summed E-state index contributed by atoms with van der Waals surface area (Å²) < 4.78 is 0. The minimum absolute atomic E-state index is 0.0765. The highest BCUT2D eigenvalue weighted by atomic mass is 16.2. The van der Waals surface area contributed by atoms with Gasteiger partial charge in [0.25, 0.3) is 5.91 Å². The predicted octanol–water partition coefficient (Wildman–Crippen LogP) is 0.964. The van der Waals surface area contributed by atoms with Crippen LogP contribution in [0.3, 0.4) is 0 Å². The van der Waals surface area contributed by atoms with Gasteiger partial charge in [0.05, 0.1) is 6.42 Å². The second-order valence-corrected chi connectivity index (χ2v) is 4.94. The summed E-state index contributed by atoms with van der Waals surface area (Å²) in [7, 11) is 0. The minimum Gasteiger partial charge on any atom is -0.312 e. The first-order valence-electron chi connectivity index (χ1n) is 6.41. The molecule has 1 fully saturated rings. The number of benzene rings is 1. The van der Waals surface area contributed by atoms with Crippen LogP contribution >= 0.6 is 0 Å². The highest BCUT2D eigenvalue weighted by Crippen LogP contribution is 2.20. The van der Waals surface area contributed by atoms with Crippen molar-refractivity contribution in [3.63, 3.8) is 0 Å². The summed E-state index contributed by atoms with van der Waals surface area (Å²) in [5.41, 5.74) is 1.53. The maximum atomic E-state index is 12.3. The quantitative estimate of drug-likeness (QED) is 0.788. The molecule has 0 aromatic heterocycles. The highest BCUT2D eigenvalue weighted by Gasteiger charge is 2.32. The van der Waals surface area contributed by atoms with Crippen molar-refractivity contribution in [3.05, 3.63) is 35.4 Å². The Balaban J connectivity index is 1.83. The maximum absolute atomic E-state index is 12.3. The number of nitrogens with one attached hydrogen (secondary N) is 1. The van der Waals surface area contributed by atoms with Gasteiger partial charge in [-0.25, -0.2) is 0 Å². The molecule has 0 unspecified atom stereocenters. The van der Waals surface area contributed by atoms with Crippen LogP contribution in [-0.4, -0.2) is 35.8 Å². The summed E-state index contributed by atoms with van der Waals surface area (Å²) in [4.78, 5) is 25.7. The fourth-order valence-electron chi connectivity index (χ4n) is 2.72. The molecule has 0 spiro atoms. The number of amides is 2. The van der Waals surface area contributed by atoms with Crippen molar-refractivity contribution in [1.82, 2.24) is 10.2 Å². The maximum Gasteiger partial charge on any atom is 0.260 e. The van der Waals surface area contributed by atoms with E-state index in [0.29, 0.717) is 18.5 Å². The number of nitrogens with zero attached hydrogens (tertiary/aromatic N) is 1. The topological polar surface area (TPSA) is 49.4 Å². The van der Waals surface area contributed by atoms with Crippen molar-refractivity contribution in [2.45, 2.75) is 25.3 Å². The van der Waals surface area contributed by atoms with E-state index in [1.165, 1.54) is 4.90 Å². The van der Waals surface area contributed by atoms with Crippen LogP contribution in [0.25, 0.3) is 0 Å². The lowest BCUT2D eigenvalue weighted by Crippen LogP contribution is -2.47. The number of rotatable bonds is 2. The molecular formula is C14H16N2O2. The van der Waals surface area contributed by atoms with Crippen molar-refractivity contribution in [2.24, 2.45) is 0 Å². The van der Waals surface area contributed by atoms with Gasteiger partial charge < -0.3 is 5.32 Å². The van der Waals surface area contributed by atoms with E-state index >= 15 is 0 Å². The summed E-state index contributed by atoms with van der Waals surface area (Å²) in [5.74, 6) is -0.219. The molecule has 2 aliphatic heterocycles. The van der Waals surface area contributed by atoms with Gasteiger partial charge in [-0.2, -0.15) is 0 Å². The molecule has 0 aliphatic carbocycles. The van der Waals surface area contributed by atoms with Crippen molar-refractivity contribution in [3.8, 4) is 0 Å². The molecule has 3 rings (SSSR count). The molecule has 18 heavy (non-hydrogen) atoms. The Morgan fingerprint density at radius 2 is 2.11 bits per heavy atom. The van der Waals surface area contributed by atoms with Crippen LogP contribution in [0.15, 0.2) is 24.3 Å². The first-order valence-corrected chi connectivity index (χ1v) is 6.41. The first-order chi connectivity index (χ1) is 8.75. The molecule has 1 aromatic rings. The molecule has 2 heterocycles. The van der Waals surface area contributed by atoms with E-state index in [1.54, 1.807) is 6.07 Å². The Hall–Kier alpha value is -1.68. The number of hydrogen-bond acceptors (Lipinski definition) is 3. The third-order valence-corrected chi connectivity index (χ3v) is 3.70. The number of fused-ring (bicyclic) bond motifs is 1. The highest BCUT2D eigenvalue weighted by molar-refractivity contribution is 6.09. The van der Waals surface area contributed by atoms with E-state index in [2.05, 4.69) is 5.32 Å². The summed E-state index contributed by atoms with van der Waals surface area (Å²) in [6, 6.07) is 7.64. The smallest absolute Gasteiger partial charge is 0.260 e. The molecule has 4 nitrogen and oxygen atoms in total. The second-order valence-electron chi connectivity index (χ2n) is 4.94. The fraction of sp³-hybridized carbons (Fsp3) is 0.429. The standard InChI is InChI=1S/C14H16N2O2/c17-13-8-10-4-1-2-6-12(10)14(18)16(13)9-11-5-3-7-15-11/h1-2,4,6,11,15H,3,5,7-9H2/t11-/m1/s1. The lowest BCUT2D eigenvalue weighted by atomic mass is 9.98. The lowest BCUT2D eigenvalue weighted by Gasteiger charge is -2.28. The largest absolute Gasteiger partial charge is 0.312 e. The molecule has 2 aliphatic rings. The monoisotopic (exact) mass is 244 g/mol. The number of hydrogen-bond donors (Lipinski definition) is 1. The summed E-state index contributed by atoms with van der Waals surface area (Å²) in [6.07, 6.45) is 2.50. The summed E-state index contributed by atoms with van der Waals surface area (Å²) in [6.45, 7) is 1.49. The van der Waals surface area contributed by atoms with E-state index in [9.17, 15) is 9.59 Å². The van der Waals surface area contributed by atoms with E-state index in [-0.39, 0.29) is 17.9 Å². The molecule has 94 valence electrons. The van der Waals surface area contributed by atoms with Gasteiger partial charge >= 0.3 is 0 Å². The van der Waals surface area contributed by atoms with Crippen LogP contribution in [0.1, 0.15) is 28.8 Å². The van der Waals surface area contributed by atoms with E-state index < -0.39 is 0 Å². The Labute approximate surface area is 106 Å². The molecule has 1 aromatic carbocycles. The molecular weight excluding hydrogens is 228 g/mol. The van der Waals surface area contributed by atoms with Gasteiger partial charge in [0.2, 0.25) is 5.91 Å². The average Bonchev–Trinajstić information content (AvgIpc) is 2.87. The molecule has 0 radical (unpaired) electrons. The van der Waals surface area contributed by atoms with Gasteiger partial charge in [-0.1, -0.05) is 18.2 Å². The molecule has 0 saturated carbocycles. The van der Waals surface area contributed by atoms with Crippen LogP contribution in [-0.2, 0) is 11.2 Å². The van der Waals surface area contributed by atoms with Gasteiger partial charge in [-0.15, -0.1) is 0 Å².